The van der Waals surface area contributed by atoms with Crippen molar-refractivity contribution in [3.05, 3.63) is 76.2 Å². The summed E-state index contributed by atoms with van der Waals surface area (Å²) in [6.45, 7) is 8.27. The molecule has 4 rings (SSSR count). The van der Waals surface area contributed by atoms with Crippen LogP contribution in [-0.4, -0.2) is 60.3 Å². The predicted molar refractivity (Wildman–Crippen MR) is 165 cm³/mol. The second kappa shape index (κ2) is 14.7. The Morgan fingerprint density at radius 3 is 2.42 bits per heavy atom. The first-order valence-electron chi connectivity index (χ1n) is 15.1. The molecule has 242 valence electrons. The number of halogens is 3. The Kier molecular flexibility index (Phi) is 11.0. The molecule has 2 aromatic carbocycles. The first kappa shape index (κ1) is 33.7. The summed E-state index contributed by atoms with van der Waals surface area (Å²) in [6, 6.07) is 7.39. The van der Waals surface area contributed by atoms with Gasteiger partial charge < -0.3 is 15.4 Å². The van der Waals surface area contributed by atoms with E-state index < -0.39 is 35.3 Å². The smallest absolute Gasteiger partial charge is 0.326 e. The summed E-state index contributed by atoms with van der Waals surface area (Å²) >= 11 is 0. The van der Waals surface area contributed by atoms with Crippen LogP contribution in [0.3, 0.4) is 0 Å². The Morgan fingerprint density at radius 1 is 1.07 bits per heavy atom. The largest absolute Gasteiger partial charge is 0.468 e. The van der Waals surface area contributed by atoms with Crippen molar-refractivity contribution in [3.8, 4) is 0 Å². The molecule has 2 N–H and O–H groups in total. The molecule has 9 nitrogen and oxygen atoms in total. The number of nitrogens with one attached hydrogen (secondary N) is 2. The van der Waals surface area contributed by atoms with Crippen molar-refractivity contribution >= 4 is 29.4 Å². The number of hydrogen-bond acceptors (Lipinski definition) is 6. The number of anilines is 1. The van der Waals surface area contributed by atoms with Gasteiger partial charge in [-0.05, 0) is 75.0 Å². The maximum Gasteiger partial charge on any atom is 0.326 e. The molecule has 2 unspecified atom stereocenters. The van der Waals surface area contributed by atoms with Crippen molar-refractivity contribution in [2.24, 2.45) is 10.9 Å². The van der Waals surface area contributed by atoms with Gasteiger partial charge in [0.1, 0.15) is 0 Å². The van der Waals surface area contributed by atoms with E-state index in [1.807, 2.05) is 32.0 Å². The second-order valence-corrected chi connectivity index (χ2v) is 11.6. The van der Waals surface area contributed by atoms with Crippen molar-refractivity contribution < 1.29 is 32.3 Å². The molecule has 0 aromatic heterocycles. The van der Waals surface area contributed by atoms with Gasteiger partial charge in [0.05, 0.1) is 18.8 Å². The number of ether oxygens (including phenoxy) is 1. The lowest BCUT2D eigenvalue weighted by Gasteiger charge is -2.37. The SMILES string of the molecule is COC1=NC(C)=C(C(C)=O)C(c2cc(F)c(F)c(F)c2)N1C(=O)NCCCN1CCCCC1c1cccc(NC(=O)C(C)C)c1. The maximum absolute atomic E-state index is 14.3. The average Bonchev–Trinajstić information content (AvgIpc) is 3.01. The molecule has 3 amide bonds. The van der Waals surface area contributed by atoms with Gasteiger partial charge >= 0.3 is 12.1 Å². The number of piperidine rings is 1. The Hall–Kier alpha value is -4.19. The first-order chi connectivity index (χ1) is 21.4. The third-order valence-electron chi connectivity index (χ3n) is 8.07. The molecule has 0 radical (unpaired) electrons. The van der Waals surface area contributed by atoms with Gasteiger partial charge in [0.25, 0.3) is 0 Å². The minimum absolute atomic E-state index is 0.0272. The molecule has 2 heterocycles. The van der Waals surface area contributed by atoms with E-state index in [1.54, 1.807) is 0 Å². The number of amides is 3. The highest BCUT2D eigenvalue weighted by Gasteiger charge is 2.40. The summed E-state index contributed by atoms with van der Waals surface area (Å²) in [4.78, 5) is 46.1. The quantitative estimate of drug-likeness (QED) is 0.253. The minimum Gasteiger partial charge on any atom is -0.468 e. The predicted octanol–water partition coefficient (Wildman–Crippen LogP) is 6.25. The molecule has 2 aromatic rings. The number of nitrogens with zero attached hydrogens (tertiary/aromatic N) is 3. The maximum atomic E-state index is 14.3. The van der Waals surface area contributed by atoms with Gasteiger partial charge in [-0.25, -0.2) is 27.9 Å². The van der Waals surface area contributed by atoms with Crippen LogP contribution in [0.5, 0.6) is 0 Å². The Morgan fingerprint density at radius 2 is 1.78 bits per heavy atom. The van der Waals surface area contributed by atoms with Gasteiger partial charge in [-0.3, -0.25) is 14.5 Å². The van der Waals surface area contributed by atoms with Crippen molar-refractivity contribution in [1.29, 1.82) is 0 Å². The third kappa shape index (κ3) is 7.73. The summed E-state index contributed by atoms with van der Waals surface area (Å²) in [5.74, 6) is -5.19. The highest BCUT2D eigenvalue weighted by Crippen LogP contribution is 2.37. The van der Waals surface area contributed by atoms with E-state index in [-0.39, 0.29) is 47.3 Å². The summed E-state index contributed by atoms with van der Waals surface area (Å²) in [6.07, 6.45) is 3.66. The summed E-state index contributed by atoms with van der Waals surface area (Å²) in [7, 11) is 1.29. The fourth-order valence-corrected chi connectivity index (χ4v) is 5.85. The number of ketones is 1. The van der Waals surface area contributed by atoms with E-state index in [1.165, 1.54) is 21.0 Å². The highest BCUT2D eigenvalue weighted by atomic mass is 19.2. The van der Waals surface area contributed by atoms with E-state index in [0.29, 0.717) is 13.0 Å². The van der Waals surface area contributed by atoms with Crippen LogP contribution in [0, 0.1) is 23.4 Å². The molecule has 0 bridgehead atoms. The van der Waals surface area contributed by atoms with Crippen molar-refractivity contribution in [2.75, 3.05) is 32.1 Å². The molecule has 0 saturated carbocycles. The van der Waals surface area contributed by atoms with E-state index >= 15 is 0 Å². The molecule has 0 spiro atoms. The Bertz CT molecular complexity index is 1490. The zero-order valence-corrected chi connectivity index (χ0v) is 26.3. The number of aliphatic imine (C=N–C) groups is 1. The number of benzene rings is 2. The molecular formula is C33H40F3N5O4. The number of methoxy groups -OCH3 is 1. The lowest BCUT2D eigenvalue weighted by molar-refractivity contribution is -0.119. The second-order valence-electron chi connectivity index (χ2n) is 11.6. The highest BCUT2D eigenvalue weighted by molar-refractivity contribution is 6.02. The number of likely N-dealkylation sites (tertiary alicyclic amines) is 1. The molecule has 2 aliphatic rings. The monoisotopic (exact) mass is 627 g/mol. The number of urea groups is 1. The van der Waals surface area contributed by atoms with Crippen molar-refractivity contribution in [2.45, 2.75) is 65.5 Å². The summed E-state index contributed by atoms with van der Waals surface area (Å²) < 4.78 is 47.7. The van der Waals surface area contributed by atoms with Crippen LogP contribution in [0.4, 0.5) is 23.7 Å². The van der Waals surface area contributed by atoms with Gasteiger partial charge in [0.15, 0.2) is 23.2 Å². The number of amidine groups is 1. The van der Waals surface area contributed by atoms with Gasteiger partial charge in [0, 0.05) is 36.3 Å². The van der Waals surface area contributed by atoms with Gasteiger partial charge in [-0.15, -0.1) is 0 Å². The van der Waals surface area contributed by atoms with Crippen LogP contribution >= 0.6 is 0 Å². The van der Waals surface area contributed by atoms with E-state index in [9.17, 15) is 27.6 Å². The zero-order valence-electron chi connectivity index (χ0n) is 26.3. The normalized spacial score (nSPS) is 19.0. The fourth-order valence-electron chi connectivity index (χ4n) is 5.85. The standard InChI is InChI=1S/C33H40F3N5O4/c1-19(2)31(43)39-24-11-8-10-22(16-24)27-12-6-7-14-40(27)15-9-13-37-32(44)41-30(23-17-25(34)29(36)26(35)18-23)28(21(4)42)20(3)38-33(41)45-5/h8,10-11,16-19,27,30H,6-7,9,12-15H2,1-5H3,(H,37,44)(H,39,43). The number of carbonyl (C=O) groups excluding carboxylic acids is 3. The van der Waals surface area contributed by atoms with E-state index in [4.69, 9.17) is 4.74 Å². The summed E-state index contributed by atoms with van der Waals surface area (Å²) in [5, 5.41) is 5.79. The lowest BCUT2D eigenvalue weighted by atomic mass is 9.92. The number of carbonyl (C=O) groups is 3. The van der Waals surface area contributed by atoms with E-state index in [2.05, 4.69) is 26.6 Å². The molecule has 45 heavy (non-hydrogen) atoms. The number of rotatable bonds is 9. The Labute approximate surface area is 261 Å². The molecule has 1 saturated heterocycles. The van der Waals surface area contributed by atoms with Gasteiger partial charge in [-0.1, -0.05) is 32.4 Å². The molecule has 2 atom stereocenters. The van der Waals surface area contributed by atoms with E-state index in [0.717, 1.165) is 54.1 Å². The molecular weight excluding hydrogens is 587 g/mol. The van der Waals surface area contributed by atoms with Crippen molar-refractivity contribution in [1.82, 2.24) is 15.1 Å². The minimum atomic E-state index is -1.65. The summed E-state index contributed by atoms with van der Waals surface area (Å²) in [5.41, 5.74) is 1.96. The Balaban J connectivity index is 1.48. The number of allylic oxidation sites excluding steroid dienone is 1. The zero-order chi connectivity index (χ0) is 32.8. The average molecular weight is 628 g/mol. The topological polar surface area (TPSA) is 103 Å². The van der Waals surface area contributed by atoms with Crippen LogP contribution in [0.25, 0.3) is 0 Å². The molecule has 12 heteroatoms. The van der Waals surface area contributed by atoms with Gasteiger partial charge in [-0.2, -0.15) is 0 Å². The molecule has 2 aliphatic heterocycles. The number of Topliss-reactive ketones (excluding diaryl/α,β-unsaturated/α-hetero) is 1. The lowest BCUT2D eigenvalue weighted by Crippen LogP contribution is -2.49. The number of hydrogen-bond donors (Lipinski definition) is 2. The van der Waals surface area contributed by atoms with Crippen molar-refractivity contribution in [3.63, 3.8) is 0 Å². The molecule has 1 fully saturated rings. The van der Waals surface area contributed by atoms with Crippen LogP contribution in [0.2, 0.25) is 0 Å². The fraction of sp³-hybridized carbons (Fsp3) is 0.455. The van der Waals surface area contributed by atoms with Crippen LogP contribution in [0.15, 0.2) is 52.7 Å². The van der Waals surface area contributed by atoms with Crippen LogP contribution < -0.4 is 10.6 Å². The molecule has 0 aliphatic carbocycles. The van der Waals surface area contributed by atoms with Gasteiger partial charge in [0.2, 0.25) is 5.91 Å². The van der Waals surface area contributed by atoms with Crippen LogP contribution in [0.1, 0.15) is 76.6 Å². The van der Waals surface area contributed by atoms with Crippen LogP contribution in [-0.2, 0) is 14.3 Å². The first-order valence-corrected chi connectivity index (χ1v) is 15.1. The third-order valence-corrected chi connectivity index (χ3v) is 8.07.